The molecule has 0 aliphatic heterocycles. The van der Waals surface area contributed by atoms with Gasteiger partial charge in [-0.2, -0.15) is 4.57 Å². The maximum Gasteiger partial charge on any atom is 0.254 e. The van der Waals surface area contributed by atoms with Gasteiger partial charge in [0.25, 0.3) is 5.69 Å². The predicted molar refractivity (Wildman–Crippen MR) is 79.2 cm³/mol. The van der Waals surface area contributed by atoms with Crippen LogP contribution >= 0.6 is 0 Å². The Morgan fingerprint density at radius 1 is 0.857 bits per heavy atom. The average molecular weight is 280 g/mol. The number of aromatic nitrogens is 1. The van der Waals surface area contributed by atoms with E-state index in [1.807, 2.05) is 41.1 Å². The Balaban J connectivity index is 2.05. The summed E-state index contributed by atoms with van der Waals surface area (Å²) in [6, 6.07) is 19.6. The summed E-state index contributed by atoms with van der Waals surface area (Å²) in [5.74, 6) is -0.108. The van der Waals surface area contributed by atoms with Crippen LogP contribution in [0, 0.1) is 5.82 Å². The fraction of sp³-hybridized carbons (Fsp3) is 0.0556. The molecule has 1 N–H and O–H groups in total. The second-order valence-corrected chi connectivity index (χ2v) is 4.86. The van der Waals surface area contributed by atoms with Crippen molar-refractivity contribution in [2.24, 2.45) is 0 Å². The van der Waals surface area contributed by atoms with Gasteiger partial charge in [-0.05, 0) is 30.3 Å². The van der Waals surface area contributed by atoms with Crippen LogP contribution in [0.3, 0.4) is 0 Å². The van der Waals surface area contributed by atoms with Crippen LogP contribution in [0.1, 0.15) is 5.56 Å². The monoisotopic (exact) mass is 280 g/mol. The summed E-state index contributed by atoms with van der Waals surface area (Å²) in [4.78, 5) is 0. The van der Waals surface area contributed by atoms with Gasteiger partial charge >= 0.3 is 0 Å². The van der Waals surface area contributed by atoms with E-state index < -0.39 is 0 Å². The molecule has 3 rings (SSSR count). The molecule has 0 amide bonds. The lowest BCUT2D eigenvalue weighted by molar-refractivity contribution is -0.677. The average Bonchev–Trinajstić information content (AvgIpc) is 2.50. The number of halogens is 1. The summed E-state index contributed by atoms with van der Waals surface area (Å²) in [6.07, 6.45) is 1.91. The van der Waals surface area contributed by atoms with Gasteiger partial charge < -0.3 is 5.11 Å². The van der Waals surface area contributed by atoms with E-state index in [4.69, 9.17) is 0 Å². The number of pyridine rings is 1. The Morgan fingerprint density at radius 3 is 2.29 bits per heavy atom. The first-order valence-electron chi connectivity index (χ1n) is 6.75. The number of hydrogen-bond acceptors (Lipinski definition) is 1. The molecule has 1 aromatic heterocycles. The largest absolute Gasteiger partial charge is 0.502 e. The fourth-order valence-electron chi connectivity index (χ4n) is 2.37. The van der Waals surface area contributed by atoms with Gasteiger partial charge in [0.1, 0.15) is 5.82 Å². The molecule has 0 fully saturated rings. The lowest BCUT2D eigenvalue weighted by Crippen LogP contribution is -2.36. The van der Waals surface area contributed by atoms with Crippen molar-refractivity contribution < 1.29 is 14.1 Å². The van der Waals surface area contributed by atoms with Gasteiger partial charge in [-0.15, -0.1) is 0 Å². The quantitative estimate of drug-likeness (QED) is 0.729. The molecule has 2 nitrogen and oxygen atoms in total. The molecule has 0 spiro atoms. The number of rotatable bonds is 3. The molecule has 0 saturated heterocycles. The number of aromatic hydroxyl groups is 1. The molecular weight excluding hydrogens is 265 g/mol. The summed E-state index contributed by atoms with van der Waals surface area (Å²) in [5.41, 5.74) is 2.60. The minimum absolute atomic E-state index is 0.181. The first-order chi connectivity index (χ1) is 10.2. The predicted octanol–water partition coefficient (Wildman–Crippen LogP) is 3.53. The molecule has 2 aromatic carbocycles. The van der Waals surface area contributed by atoms with Gasteiger partial charge in [0.15, 0.2) is 18.5 Å². The summed E-state index contributed by atoms with van der Waals surface area (Å²) < 4.78 is 15.0. The van der Waals surface area contributed by atoms with Crippen LogP contribution in [-0.2, 0) is 6.54 Å². The lowest BCUT2D eigenvalue weighted by atomic mass is 10.1. The highest BCUT2D eigenvalue weighted by atomic mass is 19.1. The van der Waals surface area contributed by atoms with Gasteiger partial charge in [-0.1, -0.05) is 30.3 Å². The van der Waals surface area contributed by atoms with E-state index in [9.17, 15) is 9.50 Å². The molecule has 104 valence electrons. The first kappa shape index (κ1) is 13.3. The molecule has 0 atom stereocenters. The van der Waals surface area contributed by atoms with E-state index >= 15 is 0 Å². The van der Waals surface area contributed by atoms with Gasteiger partial charge in [0.2, 0.25) is 0 Å². The van der Waals surface area contributed by atoms with Gasteiger partial charge in [-0.3, -0.25) is 0 Å². The summed E-state index contributed by atoms with van der Waals surface area (Å²) >= 11 is 0. The summed E-state index contributed by atoms with van der Waals surface area (Å²) in [6.45, 7) is 0.641. The highest BCUT2D eigenvalue weighted by Crippen LogP contribution is 2.25. The third-order valence-electron chi connectivity index (χ3n) is 3.36. The van der Waals surface area contributed by atoms with Crippen LogP contribution in [0.2, 0.25) is 0 Å². The number of benzene rings is 2. The fourth-order valence-corrected chi connectivity index (χ4v) is 2.37. The van der Waals surface area contributed by atoms with Crippen LogP contribution in [0.4, 0.5) is 4.39 Å². The minimum atomic E-state index is -0.288. The molecular formula is C18H15FNO+. The Bertz CT molecular complexity index is 739. The number of hydrogen-bond donors (Lipinski definition) is 1. The van der Waals surface area contributed by atoms with Crippen LogP contribution in [0.5, 0.6) is 5.75 Å². The first-order valence-corrected chi connectivity index (χ1v) is 6.75. The third-order valence-corrected chi connectivity index (χ3v) is 3.36. The maximum atomic E-state index is 13.1. The molecule has 0 unspecified atom stereocenters. The molecule has 0 aliphatic carbocycles. The Kier molecular flexibility index (Phi) is 3.65. The highest BCUT2D eigenvalue weighted by molar-refractivity contribution is 5.62. The molecule has 0 saturated carbocycles. The van der Waals surface area contributed by atoms with Crippen LogP contribution in [0.15, 0.2) is 72.9 Å². The van der Waals surface area contributed by atoms with Gasteiger partial charge in [0.05, 0.1) is 5.56 Å². The van der Waals surface area contributed by atoms with Crippen molar-refractivity contribution in [1.29, 1.82) is 0 Å². The second-order valence-electron chi connectivity index (χ2n) is 4.86. The van der Waals surface area contributed by atoms with Crippen LogP contribution in [0.25, 0.3) is 11.3 Å². The van der Waals surface area contributed by atoms with E-state index in [2.05, 4.69) is 0 Å². The second kappa shape index (κ2) is 5.75. The summed E-state index contributed by atoms with van der Waals surface area (Å²) in [5, 5.41) is 10.2. The topological polar surface area (TPSA) is 24.1 Å². The van der Waals surface area contributed by atoms with Crippen molar-refractivity contribution in [3.05, 3.63) is 84.3 Å². The number of nitrogens with zero attached hydrogens (tertiary/aromatic N) is 1. The lowest BCUT2D eigenvalue weighted by Gasteiger charge is -2.06. The normalized spacial score (nSPS) is 10.5. The standard InChI is InChI=1S/C18H14FNO/c19-16-10-8-15(9-11-16)18-17(21)7-4-12-20(18)13-14-5-2-1-3-6-14/h1-12H,13H2/p+1. The van der Waals surface area contributed by atoms with Gasteiger partial charge in [0, 0.05) is 11.6 Å². The zero-order valence-corrected chi connectivity index (χ0v) is 11.4. The van der Waals surface area contributed by atoms with Crippen molar-refractivity contribution in [2.75, 3.05) is 0 Å². The molecule has 1 heterocycles. The Morgan fingerprint density at radius 2 is 1.57 bits per heavy atom. The van der Waals surface area contributed by atoms with Crippen molar-refractivity contribution in [1.82, 2.24) is 0 Å². The summed E-state index contributed by atoms with van der Waals surface area (Å²) in [7, 11) is 0. The Labute approximate surface area is 122 Å². The maximum absolute atomic E-state index is 13.1. The van der Waals surface area contributed by atoms with E-state index in [0.29, 0.717) is 12.2 Å². The van der Waals surface area contributed by atoms with E-state index in [1.54, 1.807) is 24.3 Å². The smallest absolute Gasteiger partial charge is 0.254 e. The minimum Gasteiger partial charge on any atom is -0.502 e. The molecule has 21 heavy (non-hydrogen) atoms. The van der Waals surface area contributed by atoms with Gasteiger partial charge in [-0.25, -0.2) is 4.39 Å². The van der Waals surface area contributed by atoms with E-state index in [0.717, 1.165) is 11.1 Å². The van der Waals surface area contributed by atoms with Crippen LogP contribution in [-0.4, -0.2) is 5.11 Å². The molecule has 0 aliphatic rings. The Hall–Kier alpha value is -2.68. The SMILES string of the molecule is Oc1ccc[n+](Cc2ccccc2)c1-c1ccc(F)cc1. The molecule has 3 heteroatoms. The highest BCUT2D eigenvalue weighted by Gasteiger charge is 2.18. The zero-order valence-electron chi connectivity index (χ0n) is 11.4. The van der Waals surface area contributed by atoms with E-state index in [1.165, 1.54) is 12.1 Å². The van der Waals surface area contributed by atoms with Crippen molar-refractivity contribution >= 4 is 0 Å². The molecule has 0 radical (unpaired) electrons. The van der Waals surface area contributed by atoms with Crippen LogP contribution < -0.4 is 4.57 Å². The van der Waals surface area contributed by atoms with Crippen molar-refractivity contribution in [3.8, 4) is 17.0 Å². The molecule has 3 aromatic rings. The van der Waals surface area contributed by atoms with Crippen molar-refractivity contribution in [3.63, 3.8) is 0 Å². The third kappa shape index (κ3) is 2.92. The molecule has 0 bridgehead atoms. The van der Waals surface area contributed by atoms with E-state index in [-0.39, 0.29) is 11.6 Å². The van der Waals surface area contributed by atoms with Crippen molar-refractivity contribution in [2.45, 2.75) is 6.54 Å². The zero-order chi connectivity index (χ0) is 14.7.